The van der Waals surface area contributed by atoms with Crippen LogP contribution in [0.15, 0.2) is 40.1 Å². The molecule has 0 atom stereocenters. The molecule has 6 nitrogen and oxygen atoms in total. The fourth-order valence-corrected chi connectivity index (χ4v) is 2.42. The Morgan fingerprint density at radius 2 is 1.92 bits per heavy atom. The summed E-state index contributed by atoms with van der Waals surface area (Å²) in [6.45, 7) is 4.09. The Hall–Kier alpha value is -2.05. The van der Waals surface area contributed by atoms with Crippen LogP contribution in [0.2, 0.25) is 10.0 Å². The Balaban J connectivity index is 2.03. The van der Waals surface area contributed by atoms with Gasteiger partial charge < -0.3 is 5.32 Å². The van der Waals surface area contributed by atoms with E-state index in [-0.39, 0.29) is 17.9 Å². The molecule has 0 aliphatic rings. The molecule has 0 radical (unpaired) electrons. The lowest BCUT2D eigenvalue weighted by molar-refractivity contribution is -0.122. The maximum Gasteiger partial charge on any atom is 0.328 e. The van der Waals surface area contributed by atoms with Gasteiger partial charge in [0, 0.05) is 24.2 Å². The molecule has 0 saturated heterocycles. The number of aromatic amines is 1. The molecule has 0 unspecified atom stereocenters. The Morgan fingerprint density at radius 1 is 1.21 bits per heavy atom. The minimum absolute atomic E-state index is 0.174. The summed E-state index contributed by atoms with van der Waals surface area (Å²) in [5, 5.41) is 3.70. The van der Waals surface area contributed by atoms with Crippen molar-refractivity contribution in [3.63, 3.8) is 0 Å². The minimum atomic E-state index is -0.624. The maximum atomic E-state index is 12.0. The fraction of sp³-hybridized carbons (Fsp3) is 0.312. The monoisotopic (exact) mass is 369 g/mol. The predicted octanol–water partition coefficient (Wildman–Crippen LogP) is 1.94. The molecule has 0 bridgehead atoms. The van der Waals surface area contributed by atoms with E-state index in [4.69, 9.17) is 23.2 Å². The van der Waals surface area contributed by atoms with Crippen LogP contribution in [0, 0.1) is 0 Å². The largest absolute Gasteiger partial charge is 0.354 e. The van der Waals surface area contributed by atoms with Crippen molar-refractivity contribution in [1.29, 1.82) is 0 Å². The maximum absolute atomic E-state index is 12.0. The van der Waals surface area contributed by atoms with Crippen LogP contribution in [0.3, 0.4) is 0 Å². The fourth-order valence-electron chi connectivity index (χ4n) is 2.12. The van der Waals surface area contributed by atoms with E-state index in [9.17, 15) is 14.4 Å². The average Bonchev–Trinajstić information content (AvgIpc) is 2.51. The molecule has 1 aromatic heterocycles. The van der Waals surface area contributed by atoms with Gasteiger partial charge in [0.15, 0.2) is 0 Å². The topological polar surface area (TPSA) is 84.0 Å². The van der Waals surface area contributed by atoms with Crippen LogP contribution >= 0.6 is 23.2 Å². The van der Waals surface area contributed by atoms with Crippen LogP contribution in [-0.4, -0.2) is 22.0 Å². The quantitative estimate of drug-likeness (QED) is 0.844. The third-order valence-corrected chi connectivity index (χ3v) is 4.38. The molecule has 0 fully saturated rings. The second-order valence-electron chi connectivity index (χ2n) is 6.03. The third kappa shape index (κ3) is 4.49. The molecule has 2 rings (SSSR count). The van der Waals surface area contributed by atoms with Crippen molar-refractivity contribution in [2.24, 2.45) is 0 Å². The molecule has 1 amide bonds. The number of rotatable bonds is 5. The van der Waals surface area contributed by atoms with Crippen molar-refractivity contribution in [3.05, 3.63) is 66.9 Å². The van der Waals surface area contributed by atoms with Crippen molar-refractivity contribution >= 4 is 29.1 Å². The van der Waals surface area contributed by atoms with E-state index in [0.29, 0.717) is 16.6 Å². The van der Waals surface area contributed by atoms with E-state index in [2.05, 4.69) is 10.3 Å². The Labute approximate surface area is 148 Å². The highest BCUT2D eigenvalue weighted by Crippen LogP contribution is 2.29. The van der Waals surface area contributed by atoms with E-state index in [1.807, 2.05) is 19.9 Å². The van der Waals surface area contributed by atoms with Crippen LogP contribution in [0.5, 0.6) is 0 Å². The molecule has 128 valence electrons. The van der Waals surface area contributed by atoms with E-state index in [1.165, 1.54) is 12.3 Å². The van der Waals surface area contributed by atoms with Crippen molar-refractivity contribution < 1.29 is 4.79 Å². The molecule has 1 heterocycles. The lowest BCUT2D eigenvalue weighted by Gasteiger charge is -2.26. The molecule has 0 saturated carbocycles. The van der Waals surface area contributed by atoms with Crippen molar-refractivity contribution in [3.8, 4) is 0 Å². The summed E-state index contributed by atoms with van der Waals surface area (Å²) in [6.07, 6.45) is 1.28. The van der Waals surface area contributed by atoms with Gasteiger partial charge in [-0.3, -0.25) is 19.1 Å². The van der Waals surface area contributed by atoms with Crippen LogP contribution in [0.4, 0.5) is 0 Å². The Kier molecular flexibility index (Phi) is 5.51. The van der Waals surface area contributed by atoms with E-state index in [1.54, 1.807) is 12.1 Å². The van der Waals surface area contributed by atoms with Gasteiger partial charge in [-0.1, -0.05) is 43.1 Å². The van der Waals surface area contributed by atoms with Gasteiger partial charge in [-0.2, -0.15) is 0 Å². The third-order valence-electron chi connectivity index (χ3n) is 3.64. The average molecular weight is 370 g/mol. The van der Waals surface area contributed by atoms with E-state index in [0.717, 1.165) is 10.1 Å². The first kappa shape index (κ1) is 18.3. The summed E-state index contributed by atoms with van der Waals surface area (Å²) in [4.78, 5) is 36.7. The van der Waals surface area contributed by atoms with Gasteiger partial charge in [0.25, 0.3) is 5.56 Å². The van der Waals surface area contributed by atoms with Gasteiger partial charge in [0.2, 0.25) is 5.91 Å². The molecular formula is C16H17Cl2N3O3. The molecule has 2 N–H and O–H groups in total. The molecule has 0 aliphatic carbocycles. The SMILES string of the molecule is CC(C)(CNC(=O)Cn1ccc(=O)[nH]c1=O)c1ccc(Cl)c(Cl)c1. The summed E-state index contributed by atoms with van der Waals surface area (Å²) in [5.41, 5.74) is -0.572. The predicted molar refractivity (Wildman–Crippen MR) is 93.8 cm³/mol. The summed E-state index contributed by atoms with van der Waals surface area (Å²) < 4.78 is 1.13. The number of H-pyrrole nitrogens is 1. The number of carbonyl (C=O) groups excluding carboxylic acids is 1. The Bertz CT molecular complexity index is 871. The highest BCUT2D eigenvalue weighted by molar-refractivity contribution is 6.42. The summed E-state index contributed by atoms with van der Waals surface area (Å²) >= 11 is 11.9. The normalized spacial score (nSPS) is 11.3. The standard InChI is InChI=1S/C16H17Cl2N3O3/c1-16(2,10-3-4-11(17)12(18)7-10)9-19-14(23)8-21-6-5-13(22)20-15(21)24/h3-7H,8-9H2,1-2H3,(H,19,23)(H,20,22,24). The molecular weight excluding hydrogens is 353 g/mol. The number of hydrogen-bond acceptors (Lipinski definition) is 3. The van der Waals surface area contributed by atoms with Crippen LogP contribution in [-0.2, 0) is 16.8 Å². The van der Waals surface area contributed by atoms with Crippen LogP contribution < -0.4 is 16.6 Å². The molecule has 8 heteroatoms. The molecule has 0 aliphatic heterocycles. The van der Waals surface area contributed by atoms with Gasteiger partial charge in [-0.25, -0.2) is 4.79 Å². The first-order valence-electron chi connectivity index (χ1n) is 7.21. The highest BCUT2D eigenvalue weighted by Gasteiger charge is 2.22. The van der Waals surface area contributed by atoms with Gasteiger partial charge in [-0.05, 0) is 17.7 Å². The number of benzene rings is 1. The number of halogens is 2. The second kappa shape index (κ2) is 7.23. The van der Waals surface area contributed by atoms with Crippen molar-refractivity contribution in [2.45, 2.75) is 25.8 Å². The number of carbonyl (C=O) groups is 1. The Morgan fingerprint density at radius 3 is 2.54 bits per heavy atom. The lowest BCUT2D eigenvalue weighted by atomic mass is 9.84. The van der Waals surface area contributed by atoms with Crippen LogP contribution in [0.25, 0.3) is 0 Å². The number of nitrogens with zero attached hydrogens (tertiary/aromatic N) is 1. The van der Waals surface area contributed by atoms with Crippen LogP contribution in [0.1, 0.15) is 19.4 Å². The first-order chi connectivity index (χ1) is 11.2. The molecule has 24 heavy (non-hydrogen) atoms. The van der Waals surface area contributed by atoms with Gasteiger partial charge in [-0.15, -0.1) is 0 Å². The number of amides is 1. The smallest absolute Gasteiger partial charge is 0.328 e. The molecule has 0 spiro atoms. The molecule has 2 aromatic rings. The number of nitrogens with one attached hydrogen (secondary N) is 2. The zero-order valence-corrected chi connectivity index (χ0v) is 14.7. The molecule has 1 aromatic carbocycles. The van der Waals surface area contributed by atoms with Gasteiger partial charge >= 0.3 is 5.69 Å². The summed E-state index contributed by atoms with van der Waals surface area (Å²) in [7, 11) is 0. The number of hydrogen-bond donors (Lipinski definition) is 2. The van der Waals surface area contributed by atoms with E-state index < -0.39 is 11.2 Å². The van der Waals surface area contributed by atoms with Crippen molar-refractivity contribution in [2.75, 3.05) is 6.54 Å². The van der Waals surface area contributed by atoms with Gasteiger partial charge in [0.1, 0.15) is 6.54 Å². The zero-order valence-electron chi connectivity index (χ0n) is 13.2. The first-order valence-corrected chi connectivity index (χ1v) is 7.97. The minimum Gasteiger partial charge on any atom is -0.354 e. The number of aromatic nitrogens is 2. The van der Waals surface area contributed by atoms with E-state index >= 15 is 0 Å². The highest BCUT2D eigenvalue weighted by atomic mass is 35.5. The summed E-state index contributed by atoms with van der Waals surface area (Å²) in [5.74, 6) is -0.336. The zero-order chi connectivity index (χ0) is 17.9. The summed E-state index contributed by atoms with van der Waals surface area (Å²) in [6, 6.07) is 6.52. The second-order valence-corrected chi connectivity index (χ2v) is 6.84. The van der Waals surface area contributed by atoms with Gasteiger partial charge in [0.05, 0.1) is 10.0 Å². The van der Waals surface area contributed by atoms with Crippen molar-refractivity contribution in [1.82, 2.24) is 14.9 Å². The lowest BCUT2D eigenvalue weighted by Crippen LogP contribution is -2.40.